The highest BCUT2D eigenvalue weighted by Gasteiger charge is 2.32. The lowest BCUT2D eigenvalue weighted by atomic mass is 10.2. The van der Waals surface area contributed by atoms with Gasteiger partial charge in [0.05, 0.1) is 39.6 Å². The Kier molecular flexibility index (Phi) is 20.8. The number of rotatable bonds is 25. The number of amides is 1. The molecule has 0 saturated carbocycles. The second-order valence-corrected chi connectivity index (χ2v) is 6.85. The zero-order chi connectivity index (χ0) is 30.9. The van der Waals surface area contributed by atoms with Crippen LogP contribution in [0.3, 0.4) is 0 Å². The largest absolute Gasteiger partial charge is 0.508 e. The maximum atomic E-state index is 12.5. The fourth-order valence-corrected chi connectivity index (χ4v) is 2.28. The summed E-state index contributed by atoms with van der Waals surface area (Å²) in [5.41, 5.74) is 0. The molecule has 1 amide bonds. The molecule has 0 aromatic heterocycles. The average molecular weight is 606 g/mol. The second-order valence-electron chi connectivity index (χ2n) is 6.85. The van der Waals surface area contributed by atoms with Gasteiger partial charge in [-0.15, -0.1) is 30.3 Å². The van der Waals surface area contributed by atoms with Crippen LogP contribution in [0.25, 0.3) is 0 Å². The smallest absolute Gasteiger partial charge is 0.462 e. The first-order chi connectivity index (χ1) is 19.5. The average Bonchev–Trinajstić information content (AvgIpc) is 2.89. The lowest BCUT2D eigenvalue weighted by molar-refractivity contribution is -0.758. The van der Waals surface area contributed by atoms with Gasteiger partial charge >= 0.3 is 18.2 Å². The predicted octanol–water partition coefficient (Wildman–Crippen LogP) is -1.16. The van der Waals surface area contributed by atoms with Crippen molar-refractivity contribution in [3.63, 3.8) is 0 Å². The third-order valence-electron chi connectivity index (χ3n) is 3.93. The minimum atomic E-state index is -1.60. The zero-order valence-electron chi connectivity index (χ0n) is 21.7. The predicted molar refractivity (Wildman–Crippen MR) is 122 cm³/mol. The number of nitrogens with zero attached hydrogens (tertiary/aromatic N) is 3. The van der Waals surface area contributed by atoms with E-state index >= 15 is 0 Å². The Bertz CT molecular complexity index is 815. The van der Waals surface area contributed by atoms with Crippen molar-refractivity contribution in [3.05, 3.63) is 30.3 Å². The van der Waals surface area contributed by atoms with Gasteiger partial charge in [0.25, 0.3) is 15.3 Å². The quantitative estimate of drug-likeness (QED) is 0.0421. The summed E-state index contributed by atoms with van der Waals surface area (Å²) in [5.74, 6) is -1.07. The molecule has 1 N–H and O–H groups in total. The summed E-state index contributed by atoms with van der Waals surface area (Å²) in [4.78, 5) is 78.8. The van der Waals surface area contributed by atoms with E-state index in [1.807, 2.05) is 0 Å². The molecule has 0 aliphatic heterocycles. The molecule has 41 heavy (non-hydrogen) atoms. The summed E-state index contributed by atoms with van der Waals surface area (Å²) in [6.45, 7) is -1.80. The molecular formula is C18H30N4O19. The maximum Gasteiger partial charge on any atom is 0.508 e. The van der Waals surface area contributed by atoms with Crippen LogP contribution in [0.5, 0.6) is 0 Å². The Labute approximate surface area is 230 Å². The van der Waals surface area contributed by atoms with E-state index in [4.69, 9.17) is 33.2 Å². The van der Waals surface area contributed by atoms with Gasteiger partial charge in [0, 0.05) is 0 Å². The van der Waals surface area contributed by atoms with Crippen LogP contribution in [0.4, 0.5) is 9.59 Å². The Morgan fingerprint density at radius 3 is 1.44 bits per heavy atom. The number of ether oxygens (including phenoxy) is 7. The van der Waals surface area contributed by atoms with Gasteiger partial charge in [0.15, 0.2) is 6.04 Å². The van der Waals surface area contributed by atoms with Gasteiger partial charge < -0.3 is 53.0 Å². The normalized spacial score (nSPS) is 11.7. The Hall–Kier alpha value is -4.51. The number of nitrogens with one attached hydrogen (secondary N) is 1. The highest BCUT2D eigenvalue weighted by Crippen LogP contribution is 2.05. The molecule has 0 aromatic rings. The van der Waals surface area contributed by atoms with Crippen molar-refractivity contribution < 1.29 is 77.3 Å². The summed E-state index contributed by atoms with van der Waals surface area (Å²) in [7, 11) is 0. The van der Waals surface area contributed by atoms with Crippen molar-refractivity contribution in [2.45, 2.75) is 19.1 Å². The van der Waals surface area contributed by atoms with Gasteiger partial charge in [0.1, 0.15) is 45.7 Å². The van der Waals surface area contributed by atoms with E-state index in [2.05, 4.69) is 19.8 Å². The summed E-state index contributed by atoms with van der Waals surface area (Å²) < 4.78 is 34.4. The Morgan fingerprint density at radius 2 is 1.00 bits per heavy atom. The van der Waals surface area contributed by atoms with Crippen LogP contribution >= 0.6 is 0 Å². The van der Waals surface area contributed by atoms with E-state index < -0.39 is 45.6 Å². The summed E-state index contributed by atoms with van der Waals surface area (Å²) >= 11 is 0. The Morgan fingerprint density at radius 1 is 0.610 bits per heavy atom. The molecule has 0 saturated heterocycles. The molecule has 2 unspecified atom stereocenters. The van der Waals surface area contributed by atoms with Crippen LogP contribution in [0.2, 0.25) is 0 Å². The number of hydrogen-bond acceptors (Lipinski definition) is 19. The maximum absolute atomic E-state index is 12.5. The fraction of sp³-hybridized carbons (Fsp3) is 0.833. The summed E-state index contributed by atoms with van der Waals surface area (Å²) in [5, 5.41) is 29.2. The Balaban J connectivity index is 4.65. The molecule has 0 aliphatic rings. The SMILES string of the molecule is CC(OC(=O)OCCOCCO[N+](=O)[O-])C(NC(=O)OCCOCCO[N+](=O)[O-])C(=O)OCCOCCO[N+](=O)[O-]. The van der Waals surface area contributed by atoms with Crippen LogP contribution in [-0.4, -0.2) is 125 Å². The minimum absolute atomic E-state index is 0.153. The molecular weight excluding hydrogens is 576 g/mol. The van der Waals surface area contributed by atoms with E-state index in [9.17, 15) is 44.7 Å². The first kappa shape index (κ1) is 36.5. The van der Waals surface area contributed by atoms with Crippen molar-refractivity contribution in [2.75, 3.05) is 79.3 Å². The van der Waals surface area contributed by atoms with E-state index in [-0.39, 0.29) is 79.3 Å². The standard InChI is InChI=1S/C18H30N4O19/c1-14(41-18(25)37-10-4-34-7-13-40-22(30)31)15(16(23)35-8-2-32-5-11-38-20(26)27)19-17(24)36-9-3-33-6-12-39-21(28)29/h14-15H,2-13H2,1H3,(H,19,24). The second kappa shape index (κ2) is 23.4. The monoisotopic (exact) mass is 606 g/mol. The van der Waals surface area contributed by atoms with E-state index in [1.54, 1.807) is 0 Å². The molecule has 0 heterocycles. The van der Waals surface area contributed by atoms with Gasteiger partial charge in [-0.1, -0.05) is 0 Å². The fourth-order valence-electron chi connectivity index (χ4n) is 2.28. The number of carbonyl (C=O) groups is 3. The van der Waals surface area contributed by atoms with Gasteiger partial charge in [-0.3, -0.25) is 0 Å². The first-order valence-corrected chi connectivity index (χ1v) is 11.5. The first-order valence-electron chi connectivity index (χ1n) is 11.5. The van der Waals surface area contributed by atoms with Crippen LogP contribution in [0.1, 0.15) is 6.92 Å². The van der Waals surface area contributed by atoms with Crippen molar-refractivity contribution in [1.29, 1.82) is 0 Å². The third kappa shape index (κ3) is 23.1. The highest BCUT2D eigenvalue weighted by atomic mass is 17.0. The van der Waals surface area contributed by atoms with Crippen molar-refractivity contribution in [1.82, 2.24) is 5.32 Å². The molecule has 236 valence electrons. The third-order valence-corrected chi connectivity index (χ3v) is 3.93. The van der Waals surface area contributed by atoms with Crippen molar-refractivity contribution in [2.24, 2.45) is 0 Å². The van der Waals surface area contributed by atoms with Crippen LogP contribution < -0.4 is 5.32 Å². The number of carbonyl (C=O) groups excluding carboxylic acids is 3. The lowest BCUT2D eigenvalue weighted by Crippen LogP contribution is -2.50. The molecule has 0 aliphatic carbocycles. The zero-order valence-corrected chi connectivity index (χ0v) is 21.7. The van der Waals surface area contributed by atoms with E-state index in [1.165, 1.54) is 6.92 Å². The molecule has 0 aromatic carbocycles. The highest BCUT2D eigenvalue weighted by molar-refractivity contribution is 5.82. The van der Waals surface area contributed by atoms with E-state index in [0.717, 1.165) is 0 Å². The number of hydrogen-bond donors (Lipinski definition) is 1. The number of alkyl carbamates (subject to hydrolysis) is 1. The van der Waals surface area contributed by atoms with Crippen LogP contribution in [0, 0.1) is 30.3 Å². The molecule has 0 spiro atoms. The molecule has 0 rings (SSSR count). The number of esters is 1. The summed E-state index contributed by atoms with van der Waals surface area (Å²) in [6, 6.07) is -1.60. The van der Waals surface area contributed by atoms with Crippen molar-refractivity contribution in [3.8, 4) is 0 Å². The molecule has 23 heteroatoms. The van der Waals surface area contributed by atoms with Gasteiger partial charge in [-0.05, 0) is 6.92 Å². The van der Waals surface area contributed by atoms with Gasteiger partial charge in [-0.2, -0.15) is 0 Å². The molecule has 0 fully saturated rings. The molecule has 2 atom stereocenters. The van der Waals surface area contributed by atoms with Gasteiger partial charge in [-0.25, -0.2) is 14.4 Å². The van der Waals surface area contributed by atoms with Gasteiger partial charge in [0.2, 0.25) is 0 Å². The van der Waals surface area contributed by atoms with E-state index in [0.29, 0.717) is 0 Å². The molecule has 0 bridgehead atoms. The topological polar surface area (TPSA) is 285 Å². The lowest BCUT2D eigenvalue weighted by Gasteiger charge is -2.23. The van der Waals surface area contributed by atoms with Crippen LogP contribution in [-0.2, 0) is 52.5 Å². The summed E-state index contributed by atoms with van der Waals surface area (Å²) in [6.07, 6.45) is -3.75. The van der Waals surface area contributed by atoms with Crippen molar-refractivity contribution >= 4 is 18.2 Å². The minimum Gasteiger partial charge on any atom is -0.462 e. The molecule has 23 nitrogen and oxygen atoms in total. The van der Waals surface area contributed by atoms with Crippen LogP contribution in [0.15, 0.2) is 0 Å². The molecule has 0 radical (unpaired) electrons.